The molecule has 1 aliphatic heterocycles. The van der Waals surface area contributed by atoms with E-state index in [1.165, 1.54) is 0 Å². The average Bonchev–Trinajstić information content (AvgIpc) is 2.74. The first kappa shape index (κ1) is 18.7. The van der Waals surface area contributed by atoms with Crippen LogP contribution < -0.4 is 4.74 Å². The Labute approximate surface area is 150 Å². The van der Waals surface area contributed by atoms with Crippen molar-refractivity contribution in [1.29, 1.82) is 5.26 Å². The summed E-state index contributed by atoms with van der Waals surface area (Å²) >= 11 is 0. The lowest BCUT2D eigenvalue weighted by Crippen LogP contribution is -2.25. The van der Waals surface area contributed by atoms with E-state index in [0.29, 0.717) is 0 Å². The lowest BCUT2D eigenvalue weighted by atomic mass is 10.1. The van der Waals surface area contributed by atoms with Gasteiger partial charge in [-0.1, -0.05) is 0 Å². The van der Waals surface area contributed by atoms with Crippen molar-refractivity contribution in [2.75, 3.05) is 7.05 Å². The molecule has 2 aromatic rings. The van der Waals surface area contributed by atoms with Gasteiger partial charge in [0.15, 0.2) is 0 Å². The van der Waals surface area contributed by atoms with Gasteiger partial charge in [0, 0.05) is 13.1 Å². The average molecular weight is 400 g/mol. The summed E-state index contributed by atoms with van der Waals surface area (Å²) in [6, 6.07) is 5.84. The second-order valence-electron chi connectivity index (χ2n) is 5.48. The number of rotatable bonds is 2. The van der Waals surface area contributed by atoms with Crippen LogP contribution in [-0.2, 0) is 16.2 Å². The van der Waals surface area contributed by atoms with Crippen molar-refractivity contribution in [3.05, 3.63) is 52.8 Å². The van der Waals surface area contributed by atoms with Crippen LogP contribution in [0, 0.1) is 17.1 Å². The van der Waals surface area contributed by atoms with E-state index in [1.54, 1.807) is 6.07 Å². The predicted octanol–water partition coefficient (Wildman–Crippen LogP) is 3.28. The van der Waals surface area contributed by atoms with E-state index in [0.717, 1.165) is 37.4 Å². The molecule has 1 heterocycles. The zero-order valence-electron chi connectivity index (χ0n) is 13.3. The van der Waals surface area contributed by atoms with E-state index in [1.807, 2.05) is 0 Å². The van der Waals surface area contributed by atoms with Crippen LogP contribution in [0.25, 0.3) is 0 Å². The number of sulfonamides is 1. The second kappa shape index (κ2) is 5.95. The van der Waals surface area contributed by atoms with Crippen LogP contribution in [0.15, 0.2) is 35.2 Å². The maximum atomic E-state index is 13.6. The van der Waals surface area contributed by atoms with Crippen molar-refractivity contribution in [2.45, 2.75) is 11.1 Å². The van der Waals surface area contributed by atoms with Gasteiger partial charge in [-0.25, -0.2) is 17.1 Å². The summed E-state index contributed by atoms with van der Waals surface area (Å²) in [7, 11) is -3.89. The Bertz CT molecular complexity index is 1120. The highest BCUT2D eigenvalue weighted by Gasteiger charge is 2.49. The van der Waals surface area contributed by atoms with Crippen LogP contribution >= 0.6 is 0 Å². The van der Waals surface area contributed by atoms with Gasteiger partial charge in [-0.2, -0.15) is 18.4 Å². The molecule has 0 saturated heterocycles. The molecule has 0 spiro atoms. The molecule has 27 heavy (non-hydrogen) atoms. The molecule has 0 aromatic heterocycles. The molecule has 2 aromatic carbocycles. The number of hydrogen-bond donors (Lipinski definition) is 0. The summed E-state index contributed by atoms with van der Waals surface area (Å²) in [5.74, 6) is -3.42. The molecular formula is C16H8F4N2O4S. The zero-order chi connectivity index (χ0) is 20.1. The van der Waals surface area contributed by atoms with Crippen LogP contribution in [0.2, 0.25) is 0 Å². The van der Waals surface area contributed by atoms with Gasteiger partial charge in [-0.15, -0.1) is 0 Å². The first-order chi connectivity index (χ1) is 12.5. The monoisotopic (exact) mass is 400 g/mol. The Kier molecular flexibility index (Phi) is 4.11. The number of ether oxygens (including phenoxy) is 1. The largest absolute Gasteiger partial charge is 0.457 e. The summed E-state index contributed by atoms with van der Waals surface area (Å²) in [4.78, 5) is 10.7. The number of fused-ring (bicyclic) bond motifs is 1. The Hall–Kier alpha value is -3.13. The molecule has 0 bridgehead atoms. The van der Waals surface area contributed by atoms with E-state index in [9.17, 15) is 30.8 Å². The van der Waals surface area contributed by atoms with Crippen LogP contribution in [-0.4, -0.2) is 25.7 Å². The first-order valence-electron chi connectivity index (χ1n) is 7.13. The molecule has 0 fully saturated rings. The van der Waals surface area contributed by atoms with Gasteiger partial charge in [0.25, 0.3) is 15.9 Å². The number of halogens is 4. The smallest absolute Gasteiger partial charge is 0.421 e. The minimum absolute atomic E-state index is 0.201. The highest BCUT2D eigenvalue weighted by atomic mass is 32.2. The molecule has 6 nitrogen and oxygen atoms in total. The third-order valence-corrected chi connectivity index (χ3v) is 5.59. The molecule has 0 radical (unpaired) electrons. The van der Waals surface area contributed by atoms with Gasteiger partial charge in [0.05, 0.1) is 17.2 Å². The molecule has 0 unspecified atom stereocenters. The lowest BCUT2D eigenvalue weighted by molar-refractivity contribution is -0.140. The number of benzene rings is 2. The third-order valence-electron chi connectivity index (χ3n) is 3.77. The SMILES string of the molecule is CN1C(=O)c2ccc(Oc3cc(F)cc(C#N)c3)c(C(F)(F)F)c2S1(=O)=O. The highest BCUT2D eigenvalue weighted by molar-refractivity contribution is 7.90. The van der Waals surface area contributed by atoms with Gasteiger partial charge in [0.2, 0.25) is 0 Å². The van der Waals surface area contributed by atoms with Gasteiger partial charge in [-0.3, -0.25) is 4.79 Å². The van der Waals surface area contributed by atoms with E-state index in [2.05, 4.69) is 0 Å². The Balaban J connectivity index is 2.26. The van der Waals surface area contributed by atoms with E-state index in [4.69, 9.17) is 10.00 Å². The van der Waals surface area contributed by atoms with Gasteiger partial charge < -0.3 is 4.74 Å². The summed E-state index contributed by atoms with van der Waals surface area (Å²) < 4.78 is 84.2. The molecule has 0 saturated carbocycles. The number of carbonyl (C=O) groups excluding carboxylic acids is 1. The third kappa shape index (κ3) is 2.97. The molecule has 1 amide bonds. The molecule has 11 heteroatoms. The molecule has 3 rings (SSSR count). The summed E-state index contributed by atoms with van der Waals surface area (Å²) in [6.07, 6.45) is -5.19. The van der Waals surface area contributed by atoms with E-state index >= 15 is 0 Å². The van der Waals surface area contributed by atoms with E-state index < -0.39 is 55.4 Å². The highest BCUT2D eigenvalue weighted by Crippen LogP contribution is 2.46. The lowest BCUT2D eigenvalue weighted by Gasteiger charge is -2.17. The Morgan fingerprint density at radius 3 is 2.44 bits per heavy atom. The van der Waals surface area contributed by atoms with Crippen molar-refractivity contribution < 1.29 is 35.5 Å². The number of amides is 1. The van der Waals surface area contributed by atoms with Gasteiger partial charge in [0.1, 0.15) is 27.8 Å². The normalized spacial score (nSPS) is 15.4. The maximum absolute atomic E-state index is 13.6. The van der Waals surface area contributed by atoms with Gasteiger partial charge in [-0.05, 0) is 24.3 Å². The number of carbonyl (C=O) groups is 1. The zero-order valence-corrected chi connectivity index (χ0v) is 14.2. The quantitative estimate of drug-likeness (QED) is 0.722. The van der Waals surface area contributed by atoms with E-state index in [-0.39, 0.29) is 9.87 Å². The predicted molar refractivity (Wildman–Crippen MR) is 81.9 cm³/mol. The van der Waals surface area contributed by atoms with Crippen molar-refractivity contribution in [1.82, 2.24) is 4.31 Å². The molecular weight excluding hydrogens is 392 g/mol. The van der Waals surface area contributed by atoms with Crippen LogP contribution in [0.5, 0.6) is 11.5 Å². The number of hydrogen-bond acceptors (Lipinski definition) is 5. The minimum atomic E-state index is -5.19. The van der Waals surface area contributed by atoms with Crippen molar-refractivity contribution in [2.24, 2.45) is 0 Å². The molecule has 0 aliphatic carbocycles. The van der Waals surface area contributed by atoms with Gasteiger partial charge >= 0.3 is 6.18 Å². The molecule has 1 aliphatic rings. The van der Waals surface area contributed by atoms with Crippen molar-refractivity contribution >= 4 is 15.9 Å². The van der Waals surface area contributed by atoms with Crippen LogP contribution in [0.1, 0.15) is 21.5 Å². The Morgan fingerprint density at radius 1 is 1.19 bits per heavy atom. The first-order valence-corrected chi connectivity index (χ1v) is 8.57. The number of nitrogens with zero attached hydrogens (tertiary/aromatic N) is 2. The van der Waals surface area contributed by atoms with Crippen molar-refractivity contribution in [3.8, 4) is 17.6 Å². The van der Waals surface area contributed by atoms with Crippen LogP contribution in [0.3, 0.4) is 0 Å². The number of alkyl halides is 3. The topological polar surface area (TPSA) is 87.5 Å². The summed E-state index contributed by atoms with van der Waals surface area (Å²) in [5, 5.41) is 8.82. The Morgan fingerprint density at radius 2 is 1.85 bits per heavy atom. The van der Waals surface area contributed by atoms with Crippen molar-refractivity contribution in [3.63, 3.8) is 0 Å². The summed E-state index contributed by atoms with van der Waals surface area (Å²) in [5.41, 5.74) is -2.53. The number of nitriles is 1. The second-order valence-corrected chi connectivity index (χ2v) is 7.39. The molecule has 0 atom stereocenters. The molecule has 140 valence electrons. The van der Waals surface area contributed by atoms with Crippen LogP contribution in [0.4, 0.5) is 17.6 Å². The minimum Gasteiger partial charge on any atom is -0.457 e. The fraction of sp³-hybridized carbons (Fsp3) is 0.125. The maximum Gasteiger partial charge on any atom is 0.421 e. The standard InChI is InChI=1S/C16H8F4N2O4S/c1-22-15(23)11-2-3-12(13(16(18,19)20)14(11)27(22,24)25)26-10-5-8(7-21)4-9(17)6-10/h2-6H,1H3. The molecule has 0 N–H and O–H groups in total. The fourth-order valence-electron chi connectivity index (χ4n) is 2.58. The fourth-order valence-corrected chi connectivity index (χ4v) is 4.08. The summed E-state index contributed by atoms with van der Waals surface area (Å²) in [6.45, 7) is 0.